The summed E-state index contributed by atoms with van der Waals surface area (Å²) in [5.41, 5.74) is 1.03. The van der Waals surface area contributed by atoms with Gasteiger partial charge in [-0.1, -0.05) is 18.2 Å². The number of hydrogen-bond donors (Lipinski definition) is 1. The Bertz CT molecular complexity index is 680. The molecule has 1 N–H and O–H groups in total. The maximum atomic E-state index is 12.7. The Balaban J connectivity index is 1.83. The van der Waals surface area contributed by atoms with Gasteiger partial charge in [0.1, 0.15) is 0 Å². The second-order valence-corrected chi connectivity index (χ2v) is 7.84. The molecule has 0 aromatic heterocycles. The highest BCUT2D eigenvalue weighted by Crippen LogP contribution is 2.35. The topological polar surface area (TPSA) is 73.2 Å². The quantitative estimate of drug-likeness (QED) is 0.901. The van der Waals surface area contributed by atoms with Gasteiger partial charge in [0.2, 0.25) is 10.0 Å². The van der Waals surface area contributed by atoms with E-state index < -0.39 is 10.0 Å². The Morgan fingerprint density at radius 3 is 2.86 bits per heavy atom. The number of benzene rings is 1. The minimum atomic E-state index is -3.38. The molecule has 2 aliphatic rings. The second kappa shape index (κ2) is 5.41. The Morgan fingerprint density at radius 2 is 2.14 bits per heavy atom. The average Bonchev–Trinajstić information content (AvgIpc) is 3.03. The summed E-state index contributed by atoms with van der Waals surface area (Å²) in [6.07, 6.45) is 0. The van der Waals surface area contributed by atoms with Gasteiger partial charge in [0.15, 0.2) is 0 Å². The zero-order valence-corrected chi connectivity index (χ0v) is 12.8. The third-order valence-corrected chi connectivity index (χ3v) is 6.59. The smallest absolute Gasteiger partial charge is 0.218 e. The van der Waals surface area contributed by atoms with E-state index in [9.17, 15) is 8.42 Å². The van der Waals surface area contributed by atoms with Gasteiger partial charge < -0.3 is 5.32 Å². The molecule has 2 saturated heterocycles. The van der Waals surface area contributed by atoms with Gasteiger partial charge in [-0.15, -0.1) is 0 Å². The highest BCUT2D eigenvalue weighted by molar-refractivity contribution is 7.88. The zero-order chi connectivity index (χ0) is 15.0. The summed E-state index contributed by atoms with van der Waals surface area (Å²) >= 11 is 0. The maximum absolute atomic E-state index is 12.7. The normalized spacial score (nSPS) is 29.2. The number of rotatable bonds is 3. The van der Waals surface area contributed by atoms with Crippen molar-refractivity contribution in [2.75, 3.05) is 19.6 Å². The minimum Gasteiger partial charge on any atom is -0.316 e. The van der Waals surface area contributed by atoms with E-state index in [0.717, 1.165) is 13.1 Å². The number of nitrogens with one attached hydrogen (secondary N) is 1. The van der Waals surface area contributed by atoms with Crippen molar-refractivity contribution in [3.63, 3.8) is 0 Å². The molecule has 0 spiro atoms. The molecule has 2 fully saturated rings. The number of nitrogens with zero attached hydrogens (tertiary/aromatic N) is 2. The van der Waals surface area contributed by atoms with Gasteiger partial charge in [-0.2, -0.15) is 9.57 Å². The van der Waals surface area contributed by atoms with Crippen molar-refractivity contribution in [1.29, 1.82) is 5.26 Å². The summed E-state index contributed by atoms with van der Waals surface area (Å²) in [5.74, 6) is 0.737. The molecule has 5 nitrogen and oxygen atoms in total. The largest absolute Gasteiger partial charge is 0.316 e. The highest BCUT2D eigenvalue weighted by atomic mass is 32.2. The fraction of sp³-hybridized carbons (Fsp3) is 0.533. The van der Waals surface area contributed by atoms with Gasteiger partial charge >= 0.3 is 0 Å². The Morgan fingerprint density at radius 1 is 1.38 bits per heavy atom. The molecular formula is C15H19N3O2S. The van der Waals surface area contributed by atoms with E-state index in [2.05, 4.69) is 11.4 Å². The average molecular weight is 305 g/mol. The van der Waals surface area contributed by atoms with Crippen molar-refractivity contribution < 1.29 is 8.42 Å². The van der Waals surface area contributed by atoms with E-state index in [1.165, 1.54) is 0 Å². The number of hydrogen-bond acceptors (Lipinski definition) is 4. The van der Waals surface area contributed by atoms with Crippen LogP contribution in [0.1, 0.15) is 18.1 Å². The van der Waals surface area contributed by atoms with Gasteiger partial charge in [-0.25, -0.2) is 8.42 Å². The summed E-state index contributed by atoms with van der Waals surface area (Å²) in [7, 11) is -3.38. The van der Waals surface area contributed by atoms with Crippen LogP contribution in [0.15, 0.2) is 24.3 Å². The Kier molecular flexibility index (Phi) is 3.74. The predicted octanol–water partition coefficient (Wildman–Crippen LogP) is 0.928. The van der Waals surface area contributed by atoms with E-state index in [1.54, 1.807) is 28.6 Å². The Hall–Kier alpha value is -1.42. The fourth-order valence-corrected chi connectivity index (χ4v) is 5.42. The Labute approximate surface area is 125 Å². The maximum Gasteiger partial charge on any atom is 0.218 e. The van der Waals surface area contributed by atoms with Crippen LogP contribution < -0.4 is 5.32 Å². The predicted molar refractivity (Wildman–Crippen MR) is 79.8 cm³/mol. The van der Waals surface area contributed by atoms with Crippen LogP contribution in [0.3, 0.4) is 0 Å². The summed E-state index contributed by atoms with van der Waals surface area (Å²) in [4.78, 5) is 0. The van der Waals surface area contributed by atoms with Gasteiger partial charge in [0.05, 0.1) is 17.4 Å². The number of fused-ring (bicyclic) bond motifs is 1. The molecule has 21 heavy (non-hydrogen) atoms. The van der Waals surface area contributed by atoms with Crippen molar-refractivity contribution in [2.45, 2.75) is 18.7 Å². The van der Waals surface area contributed by atoms with Crippen molar-refractivity contribution >= 4 is 10.0 Å². The van der Waals surface area contributed by atoms with Crippen LogP contribution in [0.2, 0.25) is 0 Å². The number of sulfonamides is 1. The SMILES string of the molecule is CC1C2CNCC2CN1S(=O)(=O)Cc1ccccc1C#N. The second-order valence-electron chi connectivity index (χ2n) is 5.92. The van der Waals surface area contributed by atoms with Crippen LogP contribution in [0.5, 0.6) is 0 Å². The molecule has 2 aliphatic heterocycles. The van der Waals surface area contributed by atoms with Crippen molar-refractivity contribution in [3.05, 3.63) is 35.4 Å². The van der Waals surface area contributed by atoms with Crippen LogP contribution in [0.4, 0.5) is 0 Å². The first kappa shape index (κ1) is 14.5. The molecule has 0 bridgehead atoms. The van der Waals surface area contributed by atoms with Crippen LogP contribution in [0.25, 0.3) is 0 Å². The van der Waals surface area contributed by atoms with Crippen LogP contribution >= 0.6 is 0 Å². The lowest BCUT2D eigenvalue weighted by Crippen LogP contribution is -2.38. The monoisotopic (exact) mass is 305 g/mol. The molecule has 3 unspecified atom stereocenters. The molecule has 112 valence electrons. The van der Waals surface area contributed by atoms with E-state index in [4.69, 9.17) is 5.26 Å². The summed E-state index contributed by atoms with van der Waals surface area (Å²) in [5, 5.41) is 12.4. The van der Waals surface area contributed by atoms with Gasteiger partial charge in [0.25, 0.3) is 0 Å². The standard InChI is InChI=1S/C15H19N3O2S/c1-11-15-8-17-7-14(15)9-18(11)21(19,20)10-13-5-3-2-4-12(13)6-16/h2-5,11,14-15,17H,7-10H2,1H3. The molecule has 1 aromatic rings. The fourth-order valence-electron chi connectivity index (χ4n) is 3.53. The van der Waals surface area contributed by atoms with Gasteiger partial charge in [0, 0.05) is 12.6 Å². The highest BCUT2D eigenvalue weighted by Gasteiger charge is 2.46. The third kappa shape index (κ3) is 2.57. The molecule has 0 saturated carbocycles. The minimum absolute atomic E-state index is 0.0317. The van der Waals surface area contributed by atoms with E-state index in [1.807, 2.05) is 6.92 Å². The molecule has 0 aliphatic carbocycles. The van der Waals surface area contributed by atoms with E-state index >= 15 is 0 Å². The van der Waals surface area contributed by atoms with Crippen LogP contribution in [-0.4, -0.2) is 38.4 Å². The molecule has 2 heterocycles. The molecule has 1 aromatic carbocycles. The van der Waals surface area contributed by atoms with Crippen molar-refractivity contribution in [3.8, 4) is 6.07 Å². The molecule has 3 rings (SSSR count). The van der Waals surface area contributed by atoms with Gasteiger partial charge in [-0.3, -0.25) is 0 Å². The first-order valence-electron chi connectivity index (χ1n) is 7.21. The molecule has 0 radical (unpaired) electrons. The van der Waals surface area contributed by atoms with Crippen molar-refractivity contribution in [2.24, 2.45) is 11.8 Å². The molecular weight excluding hydrogens is 286 g/mol. The lowest BCUT2D eigenvalue weighted by atomic mass is 9.95. The first-order valence-corrected chi connectivity index (χ1v) is 8.82. The molecule has 6 heteroatoms. The lowest BCUT2D eigenvalue weighted by molar-refractivity contribution is 0.360. The third-order valence-electron chi connectivity index (χ3n) is 4.71. The van der Waals surface area contributed by atoms with E-state index in [0.29, 0.717) is 29.5 Å². The summed E-state index contributed by atoms with van der Waals surface area (Å²) < 4.78 is 27.1. The molecule has 3 atom stereocenters. The summed E-state index contributed by atoms with van der Waals surface area (Å²) in [6.45, 7) is 4.38. The molecule has 0 amide bonds. The van der Waals surface area contributed by atoms with Crippen LogP contribution in [0, 0.1) is 23.2 Å². The van der Waals surface area contributed by atoms with Gasteiger partial charge in [-0.05, 0) is 43.5 Å². The number of nitriles is 1. The first-order chi connectivity index (χ1) is 10.0. The van der Waals surface area contributed by atoms with Crippen LogP contribution in [-0.2, 0) is 15.8 Å². The van der Waals surface area contributed by atoms with E-state index in [-0.39, 0.29) is 11.8 Å². The van der Waals surface area contributed by atoms with Crippen molar-refractivity contribution in [1.82, 2.24) is 9.62 Å². The summed E-state index contributed by atoms with van der Waals surface area (Å²) in [6, 6.07) is 9.01. The zero-order valence-electron chi connectivity index (χ0n) is 12.0. The lowest BCUT2D eigenvalue weighted by Gasteiger charge is -2.24.